The summed E-state index contributed by atoms with van der Waals surface area (Å²) in [6.45, 7) is 14.4. The first kappa shape index (κ1) is 27.6. The molecule has 34 heavy (non-hydrogen) atoms. The summed E-state index contributed by atoms with van der Waals surface area (Å²) >= 11 is 1.99. The number of allylic oxidation sites excluding steroid dienone is 3. The molecule has 0 nitrogen and oxygen atoms in total. The van der Waals surface area contributed by atoms with E-state index in [1.807, 2.05) is 11.8 Å². The predicted molar refractivity (Wildman–Crippen MR) is 156 cm³/mol. The molecule has 0 N–H and O–H groups in total. The zero-order valence-corrected chi connectivity index (χ0v) is 24.1. The van der Waals surface area contributed by atoms with Gasteiger partial charge in [0.05, 0.1) is 0 Å². The Morgan fingerprint density at radius 3 is 2.12 bits per heavy atom. The summed E-state index contributed by atoms with van der Waals surface area (Å²) in [4.78, 5) is 1.59. The van der Waals surface area contributed by atoms with Gasteiger partial charge in [0, 0.05) is 0 Å². The van der Waals surface area contributed by atoms with Crippen LogP contribution in [0.1, 0.15) is 148 Å². The molecule has 190 valence electrons. The van der Waals surface area contributed by atoms with Crippen molar-refractivity contribution in [2.75, 3.05) is 0 Å². The summed E-state index contributed by atoms with van der Waals surface area (Å²) in [6.07, 6.45) is 21.6. The molecule has 0 aromatic heterocycles. The summed E-state index contributed by atoms with van der Waals surface area (Å²) in [5.41, 5.74) is 6.69. The third-order valence-electron chi connectivity index (χ3n) is 8.70. The predicted octanol–water partition coefficient (Wildman–Crippen LogP) is 11.3. The second kappa shape index (κ2) is 12.8. The van der Waals surface area contributed by atoms with Gasteiger partial charge in [-0.3, -0.25) is 0 Å². The molecule has 1 aromatic carbocycles. The Labute approximate surface area is 216 Å². The van der Waals surface area contributed by atoms with Crippen molar-refractivity contribution < 1.29 is 0 Å². The summed E-state index contributed by atoms with van der Waals surface area (Å²) in [5.74, 6) is 0.970. The van der Waals surface area contributed by atoms with Crippen LogP contribution in [0.2, 0.25) is 0 Å². The number of hydrogen-bond donors (Lipinski definition) is 0. The molecule has 0 saturated heterocycles. The Hall–Kier alpha value is -0.950. The monoisotopic (exact) mass is 480 g/mol. The summed E-state index contributed by atoms with van der Waals surface area (Å²) in [6, 6.07) is 7.34. The van der Waals surface area contributed by atoms with Gasteiger partial charge < -0.3 is 0 Å². The average Bonchev–Trinajstić information content (AvgIpc) is 2.83. The van der Waals surface area contributed by atoms with Crippen molar-refractivity contribution >= 4 is 17.3 Å². The topological polar surface area (TPSA) is 0 Å². The molecular weight excluding hydrogens is 428 g/mol. The van der Waals surface area contributed by atoms with Gasteiger partial charge in [0.15, 0.2) is 0 Å². The van der Waals surface area contributed by atoms with Gasteiger partial charge in [0.25, 0.3) is 0 Å². The van der Waals surface area contributed by atoms with Crippen LogP contribution in [0.4, 0.5) is 0 Å². The SMILES string of the molecule is CCCCCCC(CC)CCCCCC1=CCC(c2ccc3c(c2)C(C)(C)CCC3(C)C)=CS1. The van der Waals surface area contributed by atoms with E-state index >= 15 is 0 Å². The van der Waals surface area contributed by atoms with Crippen molar-refractivity contribution in [3.63, 3.8) is 0 Å². The molecule has 0 amide bonds. The molecule has 0 radical (unpaired) electrons. The van der Waals surface area contributed by atoms with Crippen LogP contribution in [-0.4, -0.2) is 0 Å². The van der Waals surface area contributed by atoms with E-state index in [0.717, 1.165) is 12.3 Å². The Morgan fingerprint density at radius 2 is 1.50 bits per heavy atom. The zero-order valence-electron chi connectivity index (χ0n) is 23.3. The highest BCUT2D eigenvalue weighted by atomic mass is 32.2. The molecule has 1 atom stereocenters. The second-order valence-corrected chi connectivity index (χ2v) is 13.4. The van der Waals surface area contributed by atoms with E-state index in [4.69, 9.17) is 0 Å². The molecule has 1 aliphatic carbocycles. The molecule has 1 heteroatoms. The highest BCUT2D eigenvalue weighted by molar-refractivity contribution is 8.06. The molecule has 1 unspecified atom stereocenters. The number of unbranched alkanes of at least 4 members (excludes halogenated alkanes) is 5. The van der Waals surface area contributed by atoms with Crippen LogP contribution in [0, 0.1) is 5.92 Å². The van der Waals surface area contributed by atoms with E-state index in [2.05, 4.69) is 71.2 Å². The third kappa shape index (κ3) is 7.52. The molecule has 0 spiro atoms. The molecule has 0 bridgehead atoms. The zero-order chi connectivity index (χ0) is 24.6. The smallest absolute Gasteiger partial charge is 0.00753 e. The van der Waals surface area contributed by atoms with Crippen LogP contribution in [0.3, 0.4) is 0 Å². The standard InChI is InChI=1S/C33H52S/c1-7-9-10-12-15-26(8-2)16-13-11-14-17-29-20-18-28(25-34-29)27-19-21-30-31(24-27)33(5,6)23-22-32(30,3)4/h19-21,24-26H,7-18,22-23H2,1-6H3. The van der Waals surface area contributed by atoms with E-state index in [1.165, 1.54) is 94.6 Å². The van der Waals surface area contributed by atoms with Crippen LogP contribution < -0.4 is 0 Å². The third-order valence-corrected chi connectivity index (χ3v) is 9.78. The lowest BCUT2D eigenvalue weighted by molar-refractivity contribution is 0.332. The maximum Gasteiger partial charge on any atom is -0.00753 e. The highest BCUT2D eigenvalue weighted by Gasteiger charge is 2.37. The molecule has 0 fully saturated rings. The lowest BCUT2D eigenvalue weighted by Gasteiger charge is -2.42. The lowest BCUT2D eigenvalue weighted by Crippen LogP contribution is -2.33. The average molecular weight is 481 g/mol. The normalized spacial score (nSPS) is 19.8. The molecule has 1 aromatic rings. The minimum absolute atomic E-state index is 0.288. The Bertz CT molecular complexity index is 838. The second-order valence-electron chi connectivity index (χ2n) is 12.4. The van der Waals surface area contributed by atoms with E-state index < -0.39 is 0 Å². The minimum Gasteiger partial charge on any atom is -0.103 e. The van der Waals surface area contributed by atoms with Crippen molar-refractivity contribution in [1.29, 1.82) is 0 Å². The van der Waals surface area contributed by atoms with Gasteiger partial charge in [-0.2, -0.15) is 0 Å². The van der Waals surface area contributed by atoms with Gasteiger partial charge >= 0.3 is 0 Å². The molecule has 3 rings (SSSR count). The number of benzene rings is 1. The van der Waals surface area contributed by atoms with E-state index in [0.29, 0.717) is 5.41 Å². The fourth-order valence-electron chi connectivity index (χ4n) is 5.92. The fraction of sp³-hybridized carbons (Fsp3) is 0.697. The highest BCUT2D eigenvalue weighted by Crippen LogP contribution is 2.47. The molecule has 2 aliphatic rings. The largest absolute Gasteiger partial charge is 0.103 e. The first-order valence-corrected chi connectivity index (χ1v) is 15.3. The van der Waals surface area contributed by atoms with Crippen molar-refractivity contribution in [1.82, 2.24) is 0 Å². The fourth-order valence-corrected chi connectivity index (χ4v) is 6.89. The van der Waals surface area contributed by atoms with Gasteiger partial charge in [-0.1, -0.05) is 124 Å². The summed E-state index contributed by atoms with van der Waals surface area (Å²) in [5, 5.41) is 2.45. The van der Waals surface area contributed by atoms with Crippen LogP contribution in [0.15, 0.2) is 34.6 Å². The van der Waals surface area contributed by atoms with Crippen LogP contribution in [-0.2, 0) is 10.8 Å². The van der Waals surface area contributed by atoms with Crippen molar-refractivity contribution in [2.45, 2.75) is 142 Å². The Morgan fingerprint density at radius 1 is 0.824 bits per heavy atom. The minimum atomic E-state index is 0.288. The van der Waals surface area contributed by atoms with Crippen LogP contribution in [0.25, 0.3) is 5.57 Å². The van der Waals surface area contributed by atoms with Gasteiger partial charge in [-0.15, -0.1) is 11.8 Å². The molecule has 1 aliphatic heterocycles. The van der Waals surface area contributed by atoms with E-state index in [9.17, 15) is 0 Å². The number of fused-ring (bicyclic) bond motifs is 1. The molecule has 1 heterocycles. The van der Waals surface area contributed by atoms with Gasteiger partial charge in [0.1, 0.15) is 0 Å². The number of rotatable bonds is 13. The Kier molecular flexibility index (Phi) is 10.4. The first-order chi connectivity index (χ1) is 16.3. The number of hydrogen-bond acceptors (Lipinski definition) is 1. The molecular formula is C33H52S. The maximum atomic E-state index is 2.52. The van der Waals surface area contributed by atoms with E-state index in [1.54, 1.807) is 16.0 Å². The molecule has 0 saturated carbocycles. The van der Waals surface area contributed by atoms with Gasteiger partial charge in [-0.05, 0) is 81.4 Å². The number of thioether (sulfide) groups is 1. The van der Waals surface area contributed by atoms with Crippen molar-refractivity contribution in [2.24, 2.45) is 5.92 Å². The lowest BCUT2D eigenvalue weighted by atomic mass is 9.63. The van der Waals surface area contributed by atoms with E-state index in [-0.39, 0.29) is 5.41 Å². The summed E-state index contributed by atoms with van der Waals surface area (Å²) in [7, 11) is 0. The summed E-state index contributed by atoms with van der Waals surface area (Å²) < 4.78 is 0. The van der Waals surface area contributed by atoms with Gasteiger partial charge in [0.2, 0.25) is 0 Å². The van der Waals surface area contributed by atoms with Crippen molar-refractivity contribution in [3.8, 4) is 0 Å². The first-order valence-electron chi connectivity index (χ1n) is 14.5. The van der Waals surface area contributed by atoms with Gasteiger partial charge in [-0.25, -0.2) is 0 Å². The van der Waals surface area contributed by atoms with Crippen molar-refractivity contribution in [3.05, 3.63) is 51.3 Å². The maximum absolute atomic E-state index is 2.52. The quantitative estimate of drug-likeness (QED) is 0.253. The van der Waals surface area contributed by atoms with Crippen LogP contribution in [0.5, 0.6) is 0 Å². The van der Waals surface area contributed by atoms with Crippen LogP contribution >= 0.6 is 11.8 Å². The Balaban J connectivity index is 1.44.